The predicted molar refractivity (Wildman–Crippen MR) is 64.2 cm³/mol. The summed E-state index contributed by atoms with van der Waals surface area (Å²) in [7, 11) is 1.84. The molecule has 0 fully saturated rings. The number of nitrogen functional groups attached to an aromatic ring is 1. The lowest BCUT2D eigenvalue weighted by molar-refractivity contribution is 0.433. The van der Waals surface area contributed by atoms with Crippen LogP contribution < -0.4 is 5.73 Å². The molecule has 3 aromatic rings. The third-order valence-corrected chi connectivity index (χ3v) is 3.20. The fraction of sp³-hybridized carbons (Fsp3) is 0.100. The number of anilines is 1. The third-order valence-electron chi connectivity index (χ3n) is 2.28. The van der Waals surface area contributed by atoms with E-state index in [1.807, 2.05) is 24.7 Å². The topological polar surface area (TPSA) is 82.8 Å². The second-order valence-corrected chi connectivity index (χ2v) is 4.45. The highest BCUT2D eigenvalue weighted by Gasteiger charge is 2.14. The molecule has 0 spiro atoms. The normalized spacial score (nSPS) is 10.9. The molecule has 7 heteroatoms. The molecule has 3 rings (SSSR count). The molecular weight excluding hydrogens is 238 g/mol. The fourth-order valence-electron chi connectivity index (χ4n) is 1.46. The molecule has 0 unspecified atom stereocenters. The highest BCUT2D eigenvalue weighted by molar-refractivity contribution is 7.14. The molecule has 0 radical (unpaired) electrons. The average molecular weight is 247 g/mol. The van der Waals surface area contributed by atoms with Crippen LogP contribution in [-0.2, 0) is 7.05 Å². The summed E-state index contributed by atoms with van der Waals surface area (Å²) in [6.45, 7) is 0. The first-order chi connectivity index (χ1) is 8.24. The molecule has 0 aliphatic rings. The van der Waals surface area contributed by atoms with Crippen LogP contribution in [0, 0.1) is 0 Å². The molecule has 3 aromatic heterocycles. The molecule has 3 heterocycles. The van der Waals surface area contributed by atoms with E-state index in [4.69, 9.17) is 10.3 Å². The molecule has 6 nitrogen and oxygen atoms in total. The van der Waals surface area contributed by atoms with Gasteiger partial charge in [0.1, 0.15) is 4.88 Å². The lowest BCUT2D eigenvalue weighted by Crippen LogP contribution is -1.85. The molecule has 0 amide bonds. The lowest BCUT2D eigenvalue weighted by Gasteiger charge is -1.88. The number of hydrogen-bond acceptors (Lipinski definition) is 6. The van der Waals surface area contributed by atoms with E-state index in [0.717, 1.165) is 10.4 Å². The standard InChI is InChI=1S/C10H9N5OS/c1-15-5-6(4-12-15)9-13-10(16-14-9)8-7(11)2-3-17-8/h2-5H,11H2,1H3. The Labute approximate surface area is 101 Å². The van der Waals surface area contributed by atoms with Gasteiger partial charge < -0.3 is 10.3 Å². The van der Waals surface area contributed by atoms with Crippen LogP contribution in [0.1, 0.15) is 0 Å². The van der Waals surface area contributed by atoms with Gasteiger partial charge in [-0.1, -0.05) is 5.16 Å². The van der Waals surface area contributed by atoms with Crippen molar-refractivity contribution >= 4 is 17.0 Å². The van der Waals surface area contributed by atoms with E-state index in [2.05, 4.69) is 15.2 Å². The van der Waals surface area contributed by atoms with Crippen molar-refractivity contribution in [2.45, 2.75) is 0 Å². The van der Waals surface area contributed by atoms with Gasteiger partial charge in [0.15, 0.2) is 0 Å². The first-order valence-electron chi connectivity index (χ1n) is 4.90. The van der Waals surface area contributed by atoms with Crippen molar-refractivity contribution in [3.05, 3.63) is 23.8 Å². The van der Waals surface area contributed by atoms with Crippen molar-refractivity contribution in [3.8, 4) is 22.2 Å². The van der Waals surface area contributed by atoms with E-state index in [-0.39, 0.29) is 0 Å². The molecule has 0 aliphatic carbocycles. The summed E-state index contributed by atoms with van der Waals surface area (Å²) >= 11 is 1.47. The van der Waals surface area contributed by atoms with Gasteiger partial charge in [-0.2, -0.15) is 10.1 Å². The van der Waals surface area contributed by atoms with Gasteiger partial charge in [-0.05, 0) is 11.4 Å². The van der Waals surface area contributed by atoms with Gasteiger partial charge in [0.2, 0.25) is 5.82 Å². The molecule has 86 valence electrons. The van der Waals surface area contributed by atoms with E-state index in [1.54, 1.807) is 10.9 Å². The molecule has 17 heavy (non-hydrogen) atoms. The Hall–Kier alpha value is -2.15. The molecule has 0 bridgehead atoms. The van der Waals surface area contributed by atoms with Crippen LogP contribution >= 0.6 is 11.3 Å². The minimum absolute atomic E-state index is 0.441. The number of rotatable bonds is 2. The summed E-state index contributed by atoms with van der Waals surface area (Å²) in [5.74, 6) is 0.956. The van der Waals surface area contributed by atoms with Crippen LogP contribution in [0.2, 0.25) is 0 Å². The average Bonchev–Trinajstić information content (AvgIpc) is 2.97. The maximum Gasteiger partial charge on any atom is 0.270 e. The molecule has 0 aliphatic heterocycles. The molecule has 2 N–H and O–H groups in total. The number of aryl methyl sites for hydroxylation is 1. The van der Waals surface area contributed by atoms with Gasteiger partial charge in [-0.25, -0.2) is 0 Å². The third kappa shape index (κ3) is 1.70. The van der Waals surface area contributed by atoms with Crippen molar-refractivity contribution in [2.75, 3.05) is 5.73 Å². The molecular formula is C10H9N5OS. The van der Waals surface area contributed by atoms with Crippen molar-refractivity contribution in [1.29, 1.82) is 0 Å². The molecule has 0 saturated heterocycles. The van der Waals surface area contributed by atoms with E-state index in [0.29, 0.717) is 17.4 Å². The lowest BCUT2D eigenvalue weighted by atomic mass is 10.3. The summed E-state index contributed by atoms with van der Waals surface area (Å²) in [5.41, 5.74) is 7.26. The van der Waals surface area contributed by atoms with Gasteiger partial charge in [-0.15, -0.1) is 11.3 Å². The van der Waals surface area contributed by atoms with Crippen molar-refractivity contribution < 1.29 is 4.52 Å². The quantitative estimate of drug-likeness (QED) is 0.746. The highest BCUT2D eigenvalue weighted by atomic mass is 32.1. The van der Waals surface area contributed by atoms with Gasteiger partial charge in [0.05, 0.1) is 17.4 Å². The SMILES string of the molecule is Cn1cc(-c2noc(-c3sccc3N)n2)cn1. The van der Waals surface area contributed by atoms with Crippen LogP contribution in [0.5, 0.6) is 0 Å². The Morgan fingerprint density at radius 3 is 3.00 bits per heavy atom. The summed E-state index contributed by atoms with van der Waals surface area (Å²) in [4.78, 5) is 5.10. The Bertz CT molecular complexity index is 653. The smallest absolute Gasteiger partial charge is 0.270 e. The second kappa shape index (κ2) is 3.70. The summed E-state index contributed by atoms with van der Waals surface area (Å²) in [5, 5.41) is 9.85. The zero-order valence-corrected chi connectivity index (χ0v) is 9.81. The van der Waals surface area contributed by atoms with Crippen LogP contribution in [0.15, 0.2) is 28.4 Å². The van der Waals surface area contributed by atoms with Gasteiger partial charge in [0, 0.05) is 13.2 Å². The van der Waals surface area contributed by atoms with Crippen molar-refractivity contribution in [2.24, 2.45) is 7.05 Å². The van der Waals surface area contributed by atoms with E-state index in [1.165, 1.54) is 11.3 Å². The van der Waals surface area contributed by atoms with Gasteiger partial charge in [0.25, 0.3) is 5.89 Å². The fourth-order valence-corrected chi connectivity index (χ4v) is 2.20. The maximum absolute atomic E-state index is 5.79. The Morgan fingerprint density at radius 1 is 1.47 bits per heavy atom. The number of nitrogens with two attached hydrogens (primary N) is 1. The molecule has 0 atom stereocenters. The van der Waals surface area contributed by atoms with Crippen LogP contribution in [0.25, 0.3) is 22.2 Å². The monoisotopic (exact) mass is 247 g/mol. The van der Waals surface area contributed by atoms with Crippen LogP contribution in [0.4, 0.5) is 5.69 Å². The second-order valence-electron chi connectivity index (χ2n) is 3.53. The zero-order chi connectivity index (χ0) is 11.8. The van der Waals surface area contributed by atoms with Crippen LogP contribution in [-0.4, -0.2) is 19.9 Å². The number of aromatic nitrogens is 4. The zero-order valence-electron chi connectivity index (χ0n) is 8.99. The summed E-state index contributed by atoms with van der Waals surface area (Å²) in [6.07, 6.45) is 3.51. The minimum atomic E-state index is 0.441. The number of hydrogen-bond donors (Lipinski definition) is 1. The Kier molecular flexibility index (Phi) is 2.19. The van der Waals surface area contributed by atoms with E-state index < -0.39 is 0 Å². The van der Waals surface area contributed by atoms with Crippen molar-refractivity contribution in [1.82, 2.24) is 19.9 Å². The first kappa shape index (κ1) is 10.0. The largest absolute Gasteiger partial charge is 0.397 e. The number of thiophene rings is 1. The summed E-state index contributed by atoms with van der Waals surface area (Å²) in [6, 6.07) is 1.81. The predicted octanol–water partition coefficient (Wildman–Crippen LogP) is 1.78. The summed E-state index contributed by atoms with van der Waals surface area (Å²) < 4.78 is 6.87. The molecule has 0 aromatic carbocycles. The van der Waals surface area contributed by atoms with Crippen LogP contribution in [0.3, 0.4) is 0 Å². The minimum Gasteiger partial charge on any atom is -0.397 e. The Morgan fingerprint density at radius 2 is 2.35 bits per heavy atom. The maximum atomic E-state index is 5.79. The first-order valence-corrected chi connectivity index (χ1v) is 5.78. The highest BCUT2D eigenvalue weighted by Crippen LogP contribution is 2.31. The number of nitrogens with zero attached hydrogens (tertiary/aromatic N) is 4. The molecule has 0 saturated carbocycles. The van der Waals surface area contributed by atoms with E-state index >= 15 is 0 Å². The Balaban J connectivity index is 2.01. The van der Waals surface area contributed by atoms with Crippen molar-refractivity contribution in [3.63, 3.8) is 0 Å². The van der Waals surface area contributed by atoms with Gasteiger partial charge in [-0.3, -0.25) is 4.68 Å². The van der Waals surface area contributed by atoms with Gasteiger partial charge >= 0.3 is 0 Å². The van der Waals surface area contributed by atoms with E-state index in [9.17, 15) is 0 Å².